The third kappa shape index (κ3) is 8.77. The topological polar surface area (TPSA) is 77.0 Å². The van der Waals surface area contributed by atoms with Gasteiger partial charge in [0.15, 0.2) is 6.29 Å². The van der Waals surface area contributed by atoms with Gasteiger partial charge in [-0.1, -0.05) is 63.1 Å². The fourth-order valence-corrected chi connectivity index (χ4v) is 4.94. The molecule has 1 amide bonds. The van der Waals surface area contributed by atoms with E-state index in [2.05, 4.69) is 24.8 Å². The van der Waals surface area contributed by atoms with Crippen LogP contribution in [0, 0.1) is 5.92 Å². The van der Waals surface area contributed by atoms with Crippen LogP contribution in [0.5, 0.6) is 0 Å². The van der Waals surface area contributed by atoms with Crippen LogP contribution >= 0.6 is 0 Å². The quantitative estimate of drug-likeness (QED) is 0.227. The molecule has 0 saturated carbocycles. The first-order valence-corrected chi connectivity index (χ1v) is 14.6. The summed E-state index contributed by atoms with van der Waals surface area (Å²) in [5, 5.41) is 0. The standard InChI is InChI=1S/C31H44N4O4/c1-3-5-20-37-30(38-21-6-4-2)27-14-16-34(17-15-27)29-23-32-28(22-33-29)26-12-18-35(19-13-26)31(36)39-24-25-10-8-7-9-11-25/h7-12,22-23,27,30H,3-6,13-21,24H2,1-2H3. The van der Waals surface area contributed by atoms with Gasteiger partial charge in [0.1, 0.15) is 12.4 Å². The molecule has 3 heterocycles. The lowest BCUT2D eigenvalue weighted by Gasteiger charge is -2.36. The van der Waals surface area contributed by atoms with Gasteiger partial charge in [-0.3, -0.25) is 4.98 Å². The van der Waals surface area contributed by atoms with Gasteiger partial charge in [0.05, 0.1) is 18.1 Å². The van der Waals surface area contributed by atoms with E-state index in [1.807, 2.05) is 42.7 Å². The van der Waals surface area contributed by atoms with Gasteiger partial charge in [0.2, 0.25) is 0 Å². The van der Waals surface area contributed by atoms with E-state index in [1.54, 1.807) is 4.90 Å². The molecule has 8 heteroatoms. The van der Waals surface area contributed by atoms with Gasteiger partial charge in [0.25, 0.3) is 0 Å². The lowest BCUT2D eigenvalue weighted by Crippen LogP contribution is -2.40. The zero-order valence-corrected chi connectivity index (χ0v) is 23.6. The summed E-state index contributed by atoms with van der Waals surface area (Å²) in [5.41, 5.74) is 2.98. The number of hydrogen-bond acceptors (Lipinski definition) is 7. The maximum atomic E-state index is 12.5. The van der Waals surface area contributed by atoms with Crippen molar-refractivity contribution in [2.45, 2.75) is 71.7 Å². The summed E-state index contributed by atoms with van der Waals surface area (Å²) in [6.45, 7) is 9.16. The molecule has 0 atom stereocenters. The Balaban J connectivity index is 1.24. The summed E-state index contributed by atoms with van der Waals surface area (Å²) in [6.07, 6.45) is 12.6. The molecule has 4 rings (SSSR count). The molecule has 8 nitrogen and oxygen atoms in total. The summed E-state index contributed by atoms with van der Waals surface area (Å²) < 4.78 is 17.8. The van der Waals surface area contributed by atoms with Crippen molar-refractivity contribution in [2.75, 3.05) is 44.3 Å². The highest BCUT2D eigenvalue weighted by atomic mass is 16.7. The Labute approximate surface area is 233 Å². The van der Waals surface area contributed by atoms with E-state index in [0.29, 0.717) is 19.0 Å². The number of carbonyl (C=O) groups excluding carboxylic acids is 1. The fraction of sp³-hybridized carbons (Fsp3) is 0.581. The van der Waals surface area contributed by atoms with Crippen LogP contribution in [0.1, 0.15) is 70.1 Å². The second kappa shape index (κ2) is 15.6. The molecule has 0 unspecified atom stereocenters. The number of hydrogen-bond donors (Lipinski definition) is 0. The van der Waals surface area contributed by atoms with Gasteiger partial charge in [-0.15, -0.1) is 0 Å². The van der Waals surface area contributed by atoms with E-state index in [0.717, 1.165) is 93.9 Å². The Bertz CT molecular complexity index is 1010. The van der Waals surface area contributed by atoms with Crippen molar-refractivity contribution in [3.05, 3.63) is 60.1 Å². The molecule has 0 radical (unpaired) electrons. The van der Waals surface area contributed by atoms with Crippen LogP contribution in [-0.4, -0.2) is 66.6 Å². The zero-order valence-electron chi connectivity index (χ0n) is 23.6. The summed E-state index contributed by atoms with van der Waals surface area (Å²) in [7, 11) is 0. The molecule has 0 N–H and O–H groups in total. The minimum atomic E-state index is -0.284. The highest BCUT2D eigenvalue weighted by molar-refractivity contribution is 5.71. The first-order chi connectivity index (χ1) is 19.2. The third-order valence-corrected chi connectivity index (χ3v) is 7.45. The number of unbranched alkanes of at least 4 members (excludes halogenated alkanes) is 2. The van der Waals surface area contributed by atoms with E-state index in [9.17, 15) is 4.79 Å². The SMILES string of the molecule is CCCCOC(OCCCC)C1CCN(c2cnc(C3=CCN(C(=O)OCc4ccccc4)CC3)cn2)CC1. The molecule has 0 spiro atoms. The van der Waals surface area contributed by atoms with Crippen molar-refractivity contribution < 1.29 is 19.0 Å². The summed E-state index contributed by atoms with van der Waals surface area (Å²) >= 11 is 0. The lowest BCUT2D eigenvalue weighted by molar-refractivity contribution is -0.177. The minimum Gasteiger partial charge on any atom is -0.445 e. The van der Waals surface area contributed by atoms with Crippen molar-refractivity contribution in [1.29, 1.82) is 0 Å². The van der Waals surface area contributed by atoms with Gasteiger partial charge in [-0.05, 0) is 43.2 Å². The molecule has 212 valence electrons. The molecule has 39 heavy (non-hydrogen) atoms. The Morgan fingerprint density at radius 2 is 1.69 bits per heavy atom. The number of carbonyl (C=O) groups is 1. The molecule has 1 aromatic carbocycles. The molecule has 2 aliphatic rings. The predicted octanol–water partition coefficient (Wildman–Crippen LogP) is 6.08. The zero-order chi connectivity index (χ0) is 27.3. The Morgan fingerprint density at radius 3 is 2.28 bits per heavy atom. The molecule has 1 fully saturated rings. The van der Waals surface area contributed by atoms with Crippen molar-refractivity contribution >= 4 is 17.5 Å². The molecule has 0 aliphatic carbocycles. The number of nitrogens with zero attached hydrogens (tertiary/aromatic N) is 4. The molecular weight excluding hydrogens is 492 g/mol. The third-order valence-electron chi connectivity index (χ3n) is 7.45. The van der Waals surface area contributed by atoms with Crippen molar-refractivity contribution in [1.82, 2.24) is 14.9 Å². The molecule has 2 aliphatic heterocycles. The van der Waals surface area contributed by atoms with E-state index in [1.165, 1.54) is 0 Å². The Kier molecular flexibility index (Phi) is 11.6. The normalized spacial score (nSPS) is 16.4. The molecule has 1 saturated heterocycles. The predicted molar refractivity (Wildman–Crippen MR) is 153 cm³/mol. The van der Waals surface area contributed by atoms with E-state index >= 15 is 0 Å². The van der Waals surface area contributed by atoms with Crippen LogP contribution in [-0.2, 0) is 20.8 Å². The van der Waals surface area contributed by atoms with Gasteiger partial charge >= 0.3 is 6.09 Å². The monoisotopic (exact) mass is 536 g/mol. The van der Waals surface area contributed by atoms with Crippen LogP contribution in [0.15, 0.2) is 48.8 Å². The van der Waals surface area contributed by atoms with Crippen LogP contribution in [0.2, 0.25) is 0 Å². The number of ether oxygens (including phenoxy) is 3. The first-order valence-electron chi connectivity index (χ1n) is 14.6. The number of benzene rings is 1. The number of piperidine rings is 1. The second-order valence-corrected chi connectivity index (χ2v) is 10.4. The summed E-state index contributed by atoms with van der Waals surface area (Å²) in [6, 6.07) is 9.74. The maximum Gasteiger partial charge on any atom is 0.410 e. The van der Waals surface area contributed by atoms with Gasteiger partial charge in [-0.2, -0.15) is 0 Å². The lowest BCUT2D eigenvalue weighted by atomic mass is 9.96. The van der Waals surface area contributed by atoms with E-state index in [-0.39, 0.29) is 19.0 Å². The van der Waals surface area contributed by atoms with Crippen LogP contribution in [0.3, 0.4) is 0 Å². The second-order valence-electron chi connectivity index (χ2n) is 10.4. The maximum absolute atomic E-state index is 12.5. The van der Waals surface area contributed by atoms with Gasteiger partial charge in [-0.25, -0.2) is 9.78 Å². The summed E-state index contributed by atoms with van der Waals surface area (Å²) in [5.74, 6) is 1.33. The highest BCUT2D eigenvalue weighted by Crippen LogP contribution is 2.27. The smallest absolute Gasteiger partial charge is 0.410 e. The van der Waals surface area contributed by atoms with Crippen LogP contribution in [0.4, 0.5) is 10.6 Å². The van der Waals surface area contributed by atoms with Gasteiger partial charge in [0, 0.05) is 45.3 Å². The summed E-state index contributed by atoms with van der Waals surface area (Å²) in [4.78, 5) is 26.0. The van der Waals surface area contributed by atoms with E-state index in [4.69, 9.17) is 24.2 Å². The van der Waals surface area contributed by atoms with Gasteiger partial charge < -0.3 is 24.0 Å². The average molecular weight is 537 g/mol. The Hall–Kier alpha value is -2.97. The van der Waals surface area contributed by atoms with Crippen LogP contribution < -0.4 is 4.90 Å². The number of aromatic nitrogens is 2. The molecular formula is C31H44N4O4. The largest absolute Gasteiger partial charge is 0.445 e. The minimum absolute atomic E-state index is 0.105. The average Bonchev–Trinajstić information content (AvgIpc) is 3.00. The molecule has 1 aromatic heterocycles. The number of anilines is 1. The van der Waals surface area contributed by atoms with Crippen molar-refractivity contribution in [3.63, 3.8) is 0 Å². The first kappa shape index (κ1) is 29.0. The Morgan fingerprint density at radius 1 is 0.974 bits per heavy atom. The van der Waals surface area contributed by atoms with Crippen LogP contribution in [0.25, 0.3) is 5.57 Å². The number of amides is 1. The number of rotatable bonds is 13. The molecule has 0 bridgehead atoms. The van der Waals surface area contributed by atoms with Crippen molar-refractivity contribution in [2.24, 2.45) is 5.92 Å². The fourth-order valence-electron chi connectivity index (χ4n) is 4.94. The van der Waals surface area contributed by atoms with E-state index < -0.39 is 0 Å². The molecule has 2 aromatic rings. The van der Waals surface area contributed by atoms with Crippen molar-refractivity contribution in [3.8, 4) is 0 Å². The highest BCUT2D eigenvalue weighted by Gasteiger charge is 2.28.